The van der Waals surface area contributed by atoms with Crippen molar-refractivity contribution >= 4 is 17.4 Å². The Morgan fingerprint density at radius 2 is 2.04 bits per heavy atom. The summed E-state index contributed by atoms with van der Waals surface area (Å²) in [5.74, 6) is 0. The van der Waals surface area contributed by atoms with Crippen LogP contribution in [0.25, 0.3) is 0 Å². The van der Waals surface area contributed by atoms with Gasteiger partial charge in [-0.3, -0.25) is 5.21 Å². The third kappa shape index (κ3) is 3.21. The fraction of sp³-hybridized carbons (Fsp3) is 0.316. The molecule has 0 spiro atoms. The van der Waals surface area contributed by atoms with Gasteiger partial charge in [0, 0.05) is 25.3 Å². The second-order valence-electron chi connectivity index (χ2n) is 6.18. The number of aryl methyl sites for hydroxylation is 1. The van der Waals surface area contributed by atoms with Crippen molar-refractivity contribution in [2.24, 2.45) is 0 Å². The molecule has 0 saturated carbocycles. The lowest BCUT2D eigenvalue weighted by atomic mass is 9.95. The largest absolute Gasteiger partial charge is 0.364 e. The Bertz CT molecular complexity index is 718. The summed E-state index contributed by atoms with van der Waals surface area (Å²) in [4.78, 5) is 14.0. The van der Waals surface area contributed by atoms with E-state index in [0.29, 0.717) is 16.8 Å². The number of carbonyl (C=O) groups excluding carboxylic acids is 1. The van der Waals surface area contributed by atoms with Gasteiger partial charge in [-0.2, -0.15) is 5.06 Å². The third-order valence-electron chi connectivity index (χ3n) is 4.58. The van der Waals surface area contributed by atoms with Crippen molar-refractivity contribution in [3.8, 4) is 0 Å². The number of anilines is 2. The number of nitrogens with one attached hydrogen (secondary N) is 1. The number of benzene rings is 2. The highest BCUT2D eigenvalue weighted by molar-refractivity contribution is 5.89. The predicted octanol–water partition coefficient (Wildman–Crippen LogP) is 3.56. The summed E-state index contributed by atoms with van der Waals surface area (Å²) in [6.45, 7) is 3.09. The molecule has 2 aromatic rings. The molecule has 1 aliphatic heterocycles. The van der Waals surface area contributed by atoms with Crippen molar-refractivity contribution in [1.29, 1.82) is 0 Å². The van der Waals surface area contributed by atoms with Gasteiger partial charge in [0.25, 0.3) is 0 Å². The molecule has 0 aliphatic carbocycles. The summed E-state index contributed by atoms with van der Waals surface area (Å²) in [5, 5.41) is 13.0. The first-order valence-electron chi connectivity index (χ1n) is 8.24. The van der Waals surface area contributed by atoms with E-state index in [0.717, 1.165) is 24.9 Å². The highest BCUT2D eigenvalue weighted by Gasteiger charge is 2.24. The molecule has 5 heteroatoms. The zero-order valence-electron chi connectivity index (χ0n) is 14.1. The van der Waals surface area contributed by atoms with Crippen LogP contribution in [0.5, 0.6) is 0 Å². The summed E-state index contributed by atoms with van der Waals surface area (Å²) in [6, 6.07) is 16.0. The lowest BCUT2D eigenvalue weighted by Crippen LogP contribution is -2.38. The fourth-order valence-electron chi connectivity index (χ4n) is 3.19. The topological polar surface area (TPSA) is 55.8 Å². The van der Waals surface area contributed by atoms with Crippen LogP contribution < -0.4 is 15.3 Å². The van der Waals surface area contributed by atoms with Crippen LogP contribution in [-0.2, 0) is 13.0 Å². The molecule has 0 aromatic heterocycles. The van der Waals surface area contributed by atoms with Gasteiger partial charge in [-0.25, -0.2) is 4.79 Å². The van der Waals surface area contributed by atoms with E-state index in [2.05, 4.69) is 41.4 Å². The number of rotatable bonds is 3. The number of fused-ring (bicyclic) bond motifs is 1. The Morgan fingerprint density at radius 1 is 1.29 bits per heavy atom. The Balaban J connectivity index is 1.89. The van der Waals surface area contributed by atoms with Gasteiger partial charge < -0.3 is 10.2 Å². The van der Waals surface area contributed by atoms with E-state index in [-0.39, 0.29) is 0 Å². The second-order valence-corrected chi connectivity index (χ2v) is 6.18. The molecule has 1 unspecified atom stereocenters. The van der Waals surface area contributed by atoms with Crippen molar-refractivity contribution in [2.45, 2.75) is 32.4 Å². The SMILES string of the molecule is CNC(=O)N(O)c1ccc2c(c1)CCC(C)N2Cc1ccccc1. The number of hydroxylamine groups is 1. The molecule has 0 bridgehead atoms. The first-order valence-corrected chi connectivity index (χ1v) is 8.24. The van der Waals surface area contributed by atoms with Gasteiger partial charge >= 0.3 is 6.03 Å². The average Bonchev–Trinajstić information content (AvgIpc) is 2.63. The summed E-state index contributed by atoms with van der Waals surface area (Å²) >= 11 is 0. The molecule has 24 heavy (non-hydrogen) atoms. The summed E-state index contributed by atoms with van der Waals surface area (Å²) in [7, 11) is 1.49. The van der Waals surface area contributed by atoms with Crippen LogP contribution in [0, 0.1) is 0 Å². The molecule has 0 fully saturated rings. The number of hydrogen-bond acceptors (Lipinski definition) is 3. The van der Waals surface area contributed by atoms with Crippen molar-refractivity contribution in [3.63, 3.8) is 0 Å². The molecule has 0 radical (unpaired) electrons. The number of carbonyl (C=O) groups is 1. The summed E-state index contributed by atoms with van der Waals surface area (Å²) < 4.78 is 0. The number of urea groups is 1. The third-order valence-corrected chi connectivity index (χ3v) is 4.58. The monoisotopic (exact) mass is 325 g/mol. The minimum absolute atomic E-state index is 0.452. The molecular formula is C19H23N3O2. The highest BCUT2D eigenvalue weighted by atomic mass is 16.5. The standard InChI is InChI=1S/C19H23N3O2/c1-14-8-9-16-12-17(22(24)19(23)20-2)10-11-18(16)21(14)13-15-6-4-3-5-7-15/h3-7,10-12,14,24H,8-9,13H2,1-2H3,(H,20,23). The van der Waals surface area contributed by atoms with Crippen LogP contribution in [-0.4, -0.2) is 24.3 Å². The molecule has 1 heterocycles. The van der Waals surface area contributed by atoms with Gasteiger partial charge in [0.2, 0.25) is 0 Å². The Labute approximate surface area is 142 Å². The van der Waals surface area contributed by atoms with E-state index in [1.807, 2.05) is 18.2 Å². The van der Waals surface area contributed by atoms with Crippen LogP contribution in [0.3, 0.4) is 0 Å². The second kappa shape index (κ2) is 6.93. The lowest BCUT2D eigenvalue weighted by molar-refractivity contribution is 0.206. The lowest BCUT2D eigenvalue weighted by Gasteiger charge is -2.37. The van der Waals surface area contributed by atoms with Gasteiger partial charge in [-0.05, 0) is 49.1 Å². The van der Waals surface area contributed by atoms with Gasteiger partial charge in [-0.15, -0.1) is 0 Å². The Hall–Kier alpha value is -2.53. The van der Waals surface area contributed by atoms with E-state index in [4.69, 9.17) is 0 Å². The van der Waals surface area contributed by atoms with E-state index >= 15 is 0 Å². The maximum atomic E-state index is 11.6. The van der Waals surface area contributed by atoms with Gasteiger partial charge in [0.15, 0.2) is 0 Å². The number of nitrogens with zero attached hydrogens (tertiary/aromatic N) is 2. The van der Waals surface area contributed by atoms with E-state index in [9.17, 15) is 10.0 Å². The van der Waals surface area contributed by atoms with E-state index in [1.54, 1.807) is 6.07 Å². The van der Waals surface area contributed by atoms with E-state index in [1.165, 1.54) is 18.3 Å². The van der Waals surface area contributed by atoms with E-state index < -0.39 is 6.03 Å². The molecule has 0 saturated heterocycles. The minimum Gasteiger partial charge on any atom is -0.364 e. The van der Waals surface area contributed by atoms with Gasteiger partial charge in [-0.1, -0.05) is 30.3 Å². The molecular weight excluding hydrogens is 302 g/mol. The number of hydrogen-bond donors (Lipinski definition) is 2. The summed E-state index contributed by atoms with van der Waals surface area (Å²) in [6.07, 6.45) is 1.99. The average molecular weight is 325 g/mol. The highest BCUT2D eigenvalue weighted by Crippen LogP contribution is 2.34. The van der Waals surface area contributed by atoms with Crippen molar-refractivity contribution in [2.75, 3.05) is 17.0 Å². The maximum Gasteiger partial charge on any atom is 0.345 e. The molecule has 126 valence electrons. The van der Waals surface area contributed by atoms with Gasteiger partial charge in [0.1, 0.15) is 0 Å². The number of amides is 2. The molecule has 2 amide bonds. The molecule has 2 N–H and O–H groups in total. The first-order chi connectivity index (χ1) is 11.6. The fourth-order valence-corrected chi connectivity index (χ4v) is 3.19. The Kier molecular flexibility index (Phi) is 4.71. The molecule has 3 rings (SSSR count). The van der Waals surface area contributed by atoms with Crippen molar-refractivity contribution in [1.82, 2.24) is 5.32 Å². The zero-order chi connectivity index (χ0) is 17.1. The molecule has 1 atom stereocenters. The quantitative estimate of drug-likeness (QED) is 0.670. The maximum absolute atomic E-state index is 11.6. The Morgan fingerprint density at radius 3 is 2.75 bits per heavy atom. The van der Waals surface area contributed by atoms with Crippen LogP contribution in [0.4, 0.5) is 16.2 Å². The first kappa shape index (κ1) is 16.3. The predicted molar refractivity (Wildman–Crippen MR) is 95.6 cm³/mol. The van der Waals surface area contributed by atoms with Gasteiger partial charge in [0.05, 0.1) is 5.69 Å². The minimum atomic E-state index is -0.541. The van der Waals surface area contributed by atoms with Crippen LogP contribution >= 0.6 is 0 Å². The normalized spacial score (nSPS) is 16.5. The molecule has 5 nitrogen and oxygen atoms in total. The molecule has 2 aromatic carbocycles. The van der Waals surface area contributed by atoms with Crippen LogP contribution in [0.1, 0.15) is 24.5 Å². The summed E-state index contributed by atoms with van der Waals surface area (Å²) in [5.41, 5.74) is 4.09. The van der Waals surface area contributed by atoms with Crippen LogP contribution in [0.15, 0.2) is 48.5 Å². The zero-order valence-corrected chi connectivity index (χ0v) is 14.1. The van der Waals surface area contributed by atoms with Crippen molar-refractivity contribution < 1.29 is 10.0 Å². The van der Waals surface area contributed by atoms with Crippen LogP contribution in [0.2, 0.25) is 0 Å². The smallest absolute Gasteiger partial charge is 0.345 e. The molecule has 1 aliphatic rings. The van der Waals surface area contributed by atoms with Crippen molar-refractivity contribution in [3.05, 3.63) is 59.7 Å².